The normalized spacial score (nSPS) is 10.1. The molecule has 0 aromatic heterocycles. The second-order valence-corrected chi connectivity index (χ2v) is 4.35. The van der Waals surface area contributed by atoms with E-state index in [9.17, 15) is 10.1 Å². The number of hydrogen-bond donors (Lipinski definition) is 1. The molecule has 4 heteroatoms. The molecule has 0 spiro atoms. The van der Waals surface area contributed by atoms with E-state index in [0.717, 1.165) is 16.3 Å². The zero-order chi connectivity index (χ0) is 14.7. The second kappa shape index (κ2) is 5.62. The van der Waals surface area contributed by atoms with Crippen molar-refractivity contribution in [1.29, 1.82) is 5.26 Å². The maximum atomic E-state index is 12.2. The number of carbonyl (C=O) groups is 1. The van der Waals surface area contributed by atoms with Gasteiger partial charge in [0.15, 0.2) is 0 Å². The summed E-state index contributed by atoms with van der Waals surface area (Å²) in [5.74, 6) is 0.352. The molecule has 0 fully saturated rings. The molecule has 0 atom stereocenters. The van der Waals surface area contributed by atoms with Crippen LogP contribution in [0.15, 0.2) is 24.3 Å². The first-order valence-electron chi connectivity index (χ1n) is 6.43. The van der Waals surface area contributed by atoms with Crippen molar-refractivity contribution >= 4 is 16.7 Å². The van der Waals surface area contributed by atoms with Crippen LogP contribution in [0.25, 0.3) is 10.8 Å². The monoisotopic (exact) mass is 268 g/mol. The number of amides is 1. The van der Waals surface area contributed by atoms with Gasteiger partial charge in [-0.1, -0.05) is 31.2 Å². The summed E-state index contributed by atoms with van der Waals surface area (Å²) in [4.78, 5) is 12.2. The minimum Gasteiger partial charge on any atom is -0.495 e. The van der Waals surface area contributed by atoms with Crippen LogP contribution in [0.1, 0.15) is 28.4 Å². The first-order valence-corrected chi connectivity index (χ1v) is 6.43. The van der Waals surface area contributed by atoms with Crippen LogP contribution in [-0.2, 0) is 6.42 Å². The summed E-state index contributed by atoms with van der Waals surface area (Å²) in [7, 11) is 3.13. The van der Waals surface area contributed by atoms with E-state index in [1.807, 2.05) is 31.2 Å². The summed E-state index contributed by atoms with van der Waals surface area (Å²) in [6, 6.07) is 9.65. The highest BCUT2D eigenvalue weighted by molar-refractivity contribution is 6.11. The summed E-state index contributed by atoms with van der Waals surface area (Å²) in [6.07, 6.45) is 0.590. The Hall–Kier alpha value is -2.54. The standard InChI is InChI=1S/C16H16N2O2/c1-4-10-13(9-17)15(20-3)12-8-6-5-7-11(12)14(10)16(19)18-2/h5-8H,4H2,1-3H3,(H,18,19). The van der Waals surface area contributed by atoms with E-state index in [-0.39, 0.29) is 5.91 Å². The number of fused-ring (bicyclic) bond motifs is 1. The molecule has 0 aliphatic rings. The Morgan fingerprint density at radius 3 is 2.50 bits per heavy atom. The van der Waals surface area contributed by atoms with E-state index in [1.165, 1.54) is 0 Å². The van der Waals surface area contributed by atoms with Gasteiger partial charge in [0.05, 0.1) is 18.2 Å². The van der Waals surface area contributed by atoms with E-state index in [1.54, 1.807) is 14.2 Å². The molecular weight excluding hydrogens is 252 g/mol. The van der Waals surface area contributed by atoms with Crippen LogP contribution in [0.3, 0.4) is 0 Å². The van der Waals surface area contributed by atoms with Gasteiger partial charge >= 0.3 is 0 Å². The topological polar surface area (TPSA) is 62.1 Å². The van der Waals surface area contributed by atoms with Gasteiger partial charge in [0.1, 0.15) is 11.8 Å². The summed E-state index contributed by atoms with van der Waals surface area (Å²) in [5.41, 5.74) is 1.72. The van der Waals surface area contributed by atoms with Crippen molar-refractivity contribution in [1.82, 2.24) is 5.32 Å². The Labute approximate surface area is 118 Å². The molecule has 2 rings (SSSR count). The first kappa shape index (κ1) is 13.9. The van der Waals surface area contributed by atoms with E-state index in [2.05, 4.69) is 11.4 Å². The Morgan fingerprint density at radius 1 is 1.35 bits per heavy atom. The molecule has 2 aromatic carbocycles. The molecule has 0 saturated heterocycles. The predicted molar refractivity (Wildman–Crippen MR) is 78.0 cm³/mol. The fourth-order valence-electron chi connectivity index (χ4n) is 2.53. The van der Waals surface area contributed by atoms with E-state index < -0.39 is 0 Å². The molecule has 0 aliphatic carbocycles. The maximum absolute atomic E-state index is 12.2. The number of methoxy groups -OCH3 is 1. The van der Waals surface area contributed by atoms with Crippen molar-refractivity contribution in [2.75, 3.05) is 14.2 Å². The minimum absolute atomic E-state index is 0.183. The summed E-state index contributed by atoms with van der Waals surface area (Å²) >= 11 is 0. The minimum atomic E-state index is -0.183. The van der Waals surface area contributed by atoms with Crippen LogP contribution in [0, 0.1) is 11.3 Å². The molecule has 0 bridgehead atoms. The number of nitrogens with one attached hydrogen (secondary N) is 1. The van der Waals surface area contributed by atoms with Gasteiger partial charge in [-0.25, -0.2) is 0 Å². The molecule has 2 aromatic rings. The van der Waals surface area contributed by atoms with E-state index in [0.29, 0.717) is 23.3 Å². The molecule has 102 valence electrons. The molecule has 0 heterocycles. The molecular formula is C16H16N2O2. The van der Waals surface area contributed by atoms with Crippen molar-refractivity contribution in [3.8, 4) is 11.8 Å². The molecule has 0 saturated carbocycles. The fourth-order valence-corrected chi connectivity index (χ4v) is 2.53. The van der Waals surface area contributed by atoms with E-state index >= 15 is 0 Å². The lowest BCUT2D eigenvalue weighted by atomic mass is 9.91. The first-order chi connectivity index (χ1) is 9.69. The van der Waals surface area contributed by atoms with Crippen molar-refractivity contribution in [3.63, 3.8) is 0 Å². The van der Waals surface area contributed by atoms with Crippen LogP contribution < -0.4 is 10.1 Å². The van der Waals surface area contributed by atoms with Gasteiger partial charge in [-0.3, -0.25) is 4.79 Å². The molecule has 0 radical (unpaired) electrons. The van der Waals surface area contributed by atoms with Crippen LogP contribution in [0.2, 0.25) is 0 Å². The number of ether oxygens (including phenoxy) is 1. The van der Waals surface area contributed by atoms with Crippen LogP contribution in [0.5, 0.6) is 5.75 Å². The lowest BCUT2D eigenvalue weighted by Crippen LogP contribution is -2.21. The SMILES string of the molecule is CCc1c(C#N)c(OC)c2ccccc2c1C(=O)NC. The number of hydrogen-bond acceptors (Lipinski definition) is 3. The lowest BCUT2D eigenvalue weighted by molar-refractivity contribution is 0.0964. The third-order valence-corrected chi connectivity index (χ3v) is 3.40. The van der Waals surface area contributed by atoms with Gasteiger partial charge in [0.2, 0.25) is 0 Å². The zero-order valence-electron chi connectivity index (χ0n) is 11.8. The third-order valence-electron chi connectivity index (χ3n) is 3.40. The van der Waals surface area contributed by atoms with Gasteiger partial charge in [-0.2, -0.15) is 5.26 Å². The second-order valence-electron chi connectivity index (χ2n) is 4.35. The average Bonchev–Trinajstić information content (AvgIpc) is 2.51. The Kier molecular flexibility index (Phi) is 3.90. The number of nitrogens with zero attached hydrogens (tertiary/aromatic N) is 1. The van der Waals surface area contributed by atoms with Crippen molar-refractivity contribution < 1.29 is 9.53 Å². The smallest absolute Gasteiger partial charge is 0.251 e. The number of nitriles is 1. The van der Waals surface area contributed by atoms with Crippen molar-refractivity contribution in [2.24, 2.45) is 0 Å². The Balaban J connectivity index is 3.03. The Morgan fingerprint density at radius 2 is 2.00 bits per heavy atom. The van der Waals surface area contributed by atoms with Gasteiger partial charge in [0, 0.05) is 12.4 Å². The highest BCUT2D eigenvalue weighted by atomic mass is 16.5. The molecule has 0 aliphatic heterocycles. The number of benzene rings is 2. The van der Waals surface area contributed by atoms with Gasteiger partial charge < -0.3 is 10.1 Å². The summed E-state index contributed by atoms with van der Waals surface area (Å²) < 4.78 is 5.41. The van der Waals surface area contributed by atoms with E-state index in [4.69, 9.17) is 4.74 Å². The van der Waals surface area contributed by atoms with Gasteiger partial charge in [-0.05, 0) is 17.4 Å². The van der Waals surface area contributed by atoms with Crippen LogP contribution in [-0.4, -0.2) is 20.1 Å². The van der Waals surface area contributed by atoms with Crippen LogP contribution >= 0.6 is 0 Å². The zero-order valence-corrected chi connectivity index (χ0v) is 11.8. The highest BCUT2D eigenvalue weighted by Crippen LogP contribution is 2.36. The number of rotatable bonds is 3. The molecule has 1 amide bonds. The summed E-state index contributed by atoms with van der Waals surface area (Å²) in [6.45, 7) is 1.93. The van der Waals surface area contributed by atoms with Crippen molar-refractivity contribution in [2.45, 2.75) is 13.3 Å². The number of carbonyl (C=O) groups excluding carboxylic acids is 1. The Bertz CT molecular complexity index is 714. The third kappa shape index (κ3) is 1.97. The quantitative estimate of drug-likeness (QED) is 0.930. The lowest BCUT2D eigenvalue weighted by Gasteiger charge is -2.16. The largest absolute Gasteiger partial charge is 0.495 e. The maximum Gasteiger partial charge on any atom is 0.251 e. The van der Waals surface area contributed by atoms with Gasteiger partial charge in [0.25, 0.3) is 5.91 Å². The molecule has 1 N–H and O–H groups in total. The van der Waals surface area contributed by atoms with Crippen LogP contribution in [0.4, 0.5) is 0 Å². The average molecular weight is 268 g/mol. The van der Waals surface area contributed by atoms with Crippen molar-refractivity contribution in [3.05, 3.63) is 41.0 Å². The molecule has 0 unspecified atom stereocenters. The van der Waals surface area contributed by atoms with Gasteiger partial charge in [-0.15, -0.1) is 0 Å². The molecule has 20 heavy (non-hydrogen) atoms. The summed E-state index contributed by atoms with van der Waals surface area (Å²) in [5, 5.41) is 13.7. The molecule has 4 nitrogen and oxygen atoms in total. The fraction of sp³-hybridized carbons (Fsp3) is 0.250. The predicted octanol–water partition coefficient (Wildman–Crippen LogP) is 2.64. The highest BCUT2D eigenvalue weighted by Gasteiger charge is 2.22.